The first-order chi connectivity index (χ1) is 13.7. The molecule has 2 heterocycles. The Morgan fingerprint density at radius 1 is 1.14 bits per heavy atom. The van der Waals surface area contributed by atoms with Crippen LogP contribution in [0.25, 0.3) is 0 Å². The molecule has 2 atom stereocenters. The topological polar surface area (TPSA) is 82.7 Å². The number of ether oxygens (including phenoxy) is 1. The fourth-order valence-electron chi connectivity index (χ4n) is 3.87. The molecule has 2 fully saturated rings. The van der Waals surface area contributed by atoms with Crippen molar-refractivity contribution in [1.82, 2.24) is 20.9 Å². The fourth-order valence-corrected chi connectivity index (χ4v) is 3.87. The van der Waals surface area contributed by atoms with E-state index in [2.05, 4.69) is 20.9 Å². The highest BCUT2D eigenvalue weighted by Crippen LogP contribution is 2.15. The van der Waals surface area contributed by atoms with E-state index in [0.717, 1.165) is 51.1 Å². The summed E-state index contributed by atoms with van der Waals surface area (Å²) in [4.78, 5) is 26.5. The molecule has 0 radical (unpaired) electrons. The van der Waals surface area contributed by atoms with Crippen molar-refractivity contribution in [1.29, 1.82) is 0 Å². The Bertz CT molecular complexity index is 626. The van der Waals surface area contributed by atoms with Gasteiger partial charge in [0.25, 0.3) is 0 Å². The Morgan fingerprint density at radius 2 is 1.97 bits per heavy atom. The molecule has 2 saturated heterocycles. The molecule has 2 amide bonds. The van der Waals surface area contributed by atoms with E-state index in [4.69, 9.17) is 4.74 Å². The van der Waals surface area contributed by atoms with E-state index >= 15 is 0 Å². The van der Waals surface area contributed by atoms with Crippen LogP contribution >= 0.6 is 12.4 Å². The molecule has 0 aliphatic carbocycles. The van der Waals surface area contributed by atoms with Gasteiger partial charge in [0.15, 0.2) is 0 Å². The minimum Gasteiger partial charge on any atom is -0.492 e. The van der Waals surface area contributed by atoms with E-state index < -0.39 is 0 Å². The molecule has 162 valence electrons. The number of nitrogens with one attached hydrogen (secondary N) is 3. The zero-order valence-corrected chi connectivity index (χ0v) is 17.7. The Morgan fingerprint density at radius 3 is 2.72 bits per heavy atom. The maximum absolute atomic E-state index is 12.2. The maximum atomic E-state index is 12.2. The van der Waals surface area contributed by atoms with Crippen LogP contribution in [0.3, 0.4) is 0 Å². The van der Waals surface area contributed by atoms with Crippen LogP contribution in [0.4, 0.5) is 0 Å². The van der Waals surface area contributed by atoms with Crippen molar-refractivity contribution in [2.45, 2.75) is 31.7 Å². The largest absolute Gasteiger partial charge is 0.492 e. The number of rotatable bonds is 9. The number of carbonyl (C=O) groups excluding carboxylic acids is 2. The molecular weight excluding hydrogens is 392 g/mol. The van der Waals surface area contributed by atoms with Crippen LogP contribution in [0, 0.1) is 5.92 Å². The number of hydrogen-bond acceptors (Lipinski definition) is 5. The van der Waals surface area contributed by atoms with Crippen molar-refractivity contribution in [3.05, 3.63) is 30.3 Å². The maximum Gasteiger partial charge on any atom is 0.237 e. The number of carbonyl (C=O) groups is 2. The van der Waals surface area contributed by atoms with E-state index in [1.807, 2.05) is 30.3 Å². The fraction of sp³-hybridized carbons (Fsp3) is 0.619. The van der Waals surface area contributed by atoms with Gasteiger partial charge in [-0.05, 0) is 56.8 Å². The summed E-state index contributed by atoms with van der Waals surface area (Å²) >= 11 is 0. The standard InChI is InChI=1S/C21H32N4O3.ClH/c26-20(23-11-13-28-18-7-2-1-3-8-18)16-25-12-5-6-17(15-25)14-24-21(27)19-9-4-10-22-19;/h1-3,7-8,17,19,22H,4-6,9-16H2,(H,23,26)(H,24,27);1H. The molecule has 7 nitrogen and oxygen atoms in total. The van der Waals surface area contributed by atoms with Crippen LogP contribution < -0.4 is 20.7 Å². The van der Waals surface area contributed by atoms with Gasteiger partial charge >= 0.3 is 0 Å². The van der Waals surface area contributed by atoms with Crippen LogP contribution in [0.15, 0.2) is 30.3 Å². The van der Waals surface area contributed by atoms with Gasteiger partial charge in [0.05, 0.1) is 19.1 Å². The van der Waals surface area contributed by atoms with Gasteiger partial charge < -0.3 is 20.7 Å². The molecular formula is C21H33ClN4O3. The molecule has 2 unspecified atom stereocenters. The predicted octanol–water partition coefficient (Wildman–Crippen LogP) is 1.18. The number of amides is 2. The second-order valence-electron chi connectivity index (χ2n) is 7.65. The van der Waals surface area contributed by atoms with E-state index in [1.54, 1.807) is 0 Å². The van der Waals surface area contributed by atoms with Gasteiger partial charge in [-0.25, -0.2) is 0 Å². The van der Waals surface area contributed by atoms with Gasteiger partial charge in [-0.3, -0.25) is 14.5 Å². The van der Waals surface area contributed by atoms with E-state index in [1.165, 1.54) is 0 Å². The molecule has 1 aromatic rings. The molecule has 0 saturated carbocycles. The summed E-state index contributed by atoms with van der Waals surface area (Å²) < 4.78 is 5.59. The van der Waals surface area contributed by atoms with Crippen molar-refractivity contribution < 1.29 is 14.3 Å². The predicted molar refractivity (Wildman–Crippen MR) is 115 cm³/mol. The highest BCUT2D eigenvalue weighted by Gasteiger charge is 2.25. The number of piperidine rings is 1. The zero-order valence-electron chi connectivity index (χ0n) is 16.9. The van der Waals surface area contributed by atoms with Gasteiger partial charge in [-0.2, -0.15) is 0 Å². The normalized spacial score (nSPS) is 21.8. The number of nitrogens with zero attached hydrogens (tertiary/aromatic N) is 1. The van der Waals surface area contributed by atoms with Crippen molar-refractivity contribution in [2.24, 2.45) is 5.92 Å². The number of benzene rings is 1. The highest BCUT2D eigenvalue weighted by molar-refractivity contribution is 5.85. The van der Waals surface area contributed by atoms with Gasteiger partial charge in [-0.15, -0.1) is 12.4 Å². The van der Waals surface area contributed by atoms with E-state index in [-0.39, 0.29) is 30.3 Å². The van der Waals surface area contributed by atoms with Crippen LogP contribution in [-0.4, -0.2) is 68.6 Å². The average Bonchev–Trinajstić information content (AvgIpc) is 3.25. The Labute approximate surface area is 179 Å². The van der Waals surface area contributed by atoms with Crippen molar-refractivity contribution >= 4 is 24.2 Å². The Balaban J connectivity index is 0.00000300. The molecule has 29 heavy (non-hydrogen) atoms. The molecule has 0 aromatic heterocycles. The summed E-state index contributed by atoms with van der Waals surface area (Å²) in [6.07, 6.45) is 4.16. The van der Waals surface area contributed by atoms with Crippen LogP contribution in [0.5, 0.6) is 5.75 Å². The first kappa shape index (κ1) is 23.4. The number of likely N-dealkylation sites (tertiary alicyclic amines) is 1. The van der Waals surface area contributed by atoms with Crippen molar-refractivity contribution in [3.63, 3.8) is 0 Å². The first-order valence-electron chi connectivity index (χ1n) is 10.4. The highest BCUT2D eigenvalue weighted by atomic mass is 35.5. The quantitative estimate of drug-likeness (QED) is 0.518. The average molecular weight is 425 g/mol. The SMILES string of the molecule is Cl.O=C(CN1CCCC(CNC(=O)C2CCCN2)C1)NCCOc1ccccc1. The summed E-state index contributed by atoms with van der Waals surface area (Å²) in [6.45, 7) is 4.77. The lowest BCUT2D eigenvalue weighted by Crippen LogP contribution is -2.47. The molecule has 1 aromatic carbocycles. The number of halogens is 1. The third kappa shape index (κ3) is 8.20. The lowest BCUT2D eigenvalue weighted by Gasteiger charge is -2.32. The third-order valence-corrected chi connectivity index (χ3v) is 5.35. The van der Waals surface area contributed by atoms with E-state index in [0.29, 0.717) is 32.2 Å². The van der Waals surface area contributed by atoms with Crippen molar-refractivity contribution in [2.75, 3.05) is 45.9 Å². The molecule has 0 bridgehead atoms. The van der Waals surface area contributed by atoms with Gasteiger partial charge in [0.1, 0.15) is 12.4 Å². The summed E-state index contributed by atoms with van der Waals surface area (Å²) in [5.41, 5.74) is 0. The molecule has 2 aliphatic heterocycles. The van der Waals surface area contributed by atoms with Crippen LogP contribution in [-0.2, 0) is 9.59 Å². The minimum absolute atomic E-state index is 0. The summed E-state index contributed by atoms with van der Waals surface area (Å²) in [6, 6.07) is 9.57. The van der Waals surface area contributed by atoms with Gasteiger partial charge in [0.2, 0.25) is 11.8 Å². The van der Waals surface area contributed by atoms with Crippen molar-refractivity contribution in [3.8, 4) is 5.75 Å². The number of para-hydroxylation sites is 1. The summed E-state index contributed by atoms with van der Waals surface area (Å²) in [7, 11) is 0. The molecule has 8 heteroatoms. The summed E-state index contributed by atoms with van der Waals surface area (Å²) in [5.74, 6) is 1.36. The summed E-state index contributed by atoms with van der Waals surface area (Å²) in [5, 5.41) is 9.23. The first-order valence-corrected chi connectivity index (χ1v) is 10.4. The zero-order chi connectivity index (χ0) is 19.6. The lowest BCUT2D eigenvalue weighted by molar-refractivity contribution is -0.124. The van der Waals surface area contributed by atoms with Crippen LogP contribution in [0.2, 0.25) is 0 Å². The minimum atomic E-state index is -0.0245. The Hall–Kier alpha value is -1.83. The third-order valence-electron chi connectivity index (χ3n) is 5.35. The molecule has 3 N–H and O–H groups in total. The second kappa shape index (κ2) is 12.7. The number of hydrogen-bond donors (Lipinski definition) is 3. The monoisotopic (exact) mass is 424 g/mol. The smallest absolute Gasteiger partial charge is 0.237 e. The molecule has 3 rings (SSSR count). The van der Waals surface area contributed by atoms with Crippen LogP contribution in [0.1, 0.15) is 25.7 Å². The van der Waals surface area contributed by atoms with Gasteiger partial charge in [0, 0.05) is 13.1 Å². The second-order valence-corrected chi connectivity index (χ2v) is 7.65. The molecule has 2 aliphatic rings. The van der Waals surface area contributed by atoms with E-state index in [9.17, 15) is 9.59 Å². The molecule has 0 spiro atoms. The Kier molecular flexibility index (Phi) is 10.2. The van der Waals surface area contributed by atoms with Gasteiger partial charge in [-0.1, -0.05) is 18.2 Å². The lowest BCUT2D eigenvalue weighted by atomic mass is 9.98.